The summed E-state index contributed by atoms with van der Waals surface area (Å²) in [4.78, 5) is 41.5. The number of benzene rings is 2. The van der Waals surface area contributed by atoms with Crippen LogP contribution in [0.2, 0.25) is 0 Å². The molecule has 4 aromatic rings. The van der Waals surface area contributed by atoms with E-state index in [1.165, 1.54) is 40.4 Å². The Kier molecular flexibility index (Phi) is 6.55. The van der Waals surface area contributed by atoms with Gasteiger partial charge in [0.1, 0.15) is 28.4 Å². The molecule has 4 rings (SSSR count). The van der Waals surface area contributed by atoms with Crippen molar-refractivity contribution >= 4 is 38.8 Å². The van der Waals surface area contributed by atoms with Crippen molar-refractivity contribution in [3.05, 3.63) is 75.3 Å². The van der Waals surface area contributed by atoms with Gasteiger partial charge in [0.25, 0.3) is 11.2 Å². The molecule has 1 amide bonds. The molecule has 0 atom stereocenters. The van der Waals surface area contributed by atoms with Gasteiger partial charge in [0.2, 0.25) is 5.91 Å². The number of aromatic nitrogens is 2. The van der Waals surface area contributed by atoms with Crippen molar-refractivity contribution in [1.82, 2.24) is 9.55 Å². The Labute approximate surface area is 197 Å². The number of hydrogen-bond donors (Lipinski definition) is 1. The maximum atomic E-state index is 13.0. The third-order valence-corrected chi connectivity index (χ3v) is 6.10. The maximum absolute atomic E-state index is 13.0. The number of thiophene rings is 1. The Morgan fingerprint density at radius 1 is 1.18 bits per heavy atom. The summed E-state index contributed by atoms with van der Waals surface area (Å²) in [5.41, 5.74) is 0.780. The molecule has 0 bridgehead atoms. The first-order valence-corrected chi connectivity index (χ1v) is 11.1. The SMILES string of the molecule is CCOc1ccc(NC(=O)Cn2cnc3cc(-c4ccc(OC)cc4)sc3c2=O)c([N+](=O)[O-])c1. The van der Waals surface area contributed by atoms with Crippen LogP contribution in [0.4, 0.5) is 11.4 Å². The van der Waals surface area contributed by atoms with Crippen molar-refractivity contribution in [3.63, 3.8) is 0 Å². The average molecular weight is 481 g/mol. The largest absolute Gasteiger partial charge is 0.497 e. The van der Waals surface area contributed by atoms with Gasteiger partial charge in [-0.3, -0.25) is 24.3 Å². The average Bonchev–Trinajstić information content (AvgIpc) is 3.27. The highest BCUT2D eigenvalue weighted by molar-refractivity contribution is 7.22. The molecule has 0 aliphatic rings. The number of ether oxygens (including phenoxy) is 2. The molecular weight excluding hydrogens is 460 g/mol. The summed E-state index contributed by atoms with van der Waals surface area (Å²) in [5.74, 6) is 0.454. The van der Waals surface area contributed by atoms with Crippen molar-refractivity contribution < 1.29 is 19.2 Å². The number of fused-ring (bicyclic) bond motifs is 1. The van der Waals surface area contributed by atoms with E-state index in [-0.39, 0.29) is 23.5 Å². The van der Waals surface area contributed by atoms with E-state index in [2.05, 4.69) is 10.3 Å². The second-order valence-electron chi connectivity index (χ2n) is 7.15. The van der Waals surface area contributed by atoms with Gasteiger partial charge in [-0.25, -0.2) is 4.98 Å². The number of anilines is 1. The Morgan fingerprint density at radius 2 is 1.91 bits per heavy atom. The van der Waals surface area contributed by atoms with Crippen molar-refractivity contribution in [2.24, 2.45) is 0 Å². The summed E-state index contributed by atoms with van der Waals surface area (Å²) >= 11 is 1.28. The number of carbonyl (C=O) groups is 1. The highest BCUT2D eigenvalue weighted by Gasteiger charge is 2.18. The normalized spacial score (nSPS) is 10.8. The Morgan fingerprint density at radius 3 is 2.59 bits per heavy atom. The molecule has 0 saturated carbocycles. The van der Waals surface area contributed by atoms with Gasteiger partial charge in [-0.15, -0.1) is 11.3 Å². The fourth-order valence-electron chi connectivity index (χ4n) is 3.32. The third-order valence-electron chi connectivity index (χ3n) is 4.94. The van der Waals surface area contributed by atoms with Crippen molar-refractivity contribution in [2.45, 2.75) is 13.5 Å². The molecule has 0 spiro atoms. The van der Waals surface area contributed by atoms with Gasteiger partial charge in [0.05, 0.1) is 36.6 Å². The Bertz CT molecular complexity index is 1430. The van der Waals surface area contributed by atoms with E-state index in [0.717, 1.165) is 16.2 Å². The van der Waals surface area contributed by atoms with Gasteiger partial charge >= 0.3 is 0 Å². The summed E-state index contributed by atoms with van der Waals surface area (Å²) in [6, 6.07) is 13.4. The Balaban J connectivity index is 1.56. The number of nitro benzene ring substituents is 1. The summed E-state index contributed by atoms with van der Waals surface area (Å²) < 4.78 is 12.0. The van der Waals surface area contributed by atoms with Gasteiger partial charge in [0.15, 0.2) is 0 Å². The third kappa shape index (κ3) is 4.74. The van der Waals surface area contributed by atoms with Crippen LogP contribution in [-0.2, 0) is 11.3 Å². The van der Waals surface area contributed by atoms with E-state index in [1.54, 1.807) is 14.0 Å². The topological polar surface area (TPSA) is 126 Å². The molecule has 0 saturated heterocycles. The zero-order valence-corrected chi connectivity index (χ0v) is 19.1. The van der Waals surface area contributed by atoms with Gasteiger partial charge in [0, 0.05) is 4.88 Å². The molecule has 10 nitrogen and oxygen atoms in total. The number of methoxy groups -OCH3 is 1. The van der Waals surface area contributed by atoms with Crippen LogP contribution in [0.5, 0.6) is 11.5 Å². The van der Waals surface area contributed by atoms with Crippen molar-refractivity contribution in [3.8, 4) is 21.9 Å². The molecule has 2 aromatic carbocycles. The van der Waals surface area contributed by atoms with Crippen LogP contribution in [0, 0.1) is 10.1 Å². The lowest BCUT2D eigenvalue weighted by Gasteiger charge is -2.09. The summed E-state index contributed by atoms with van der Waals surface area (Å²) in [6.45, 7) is 1.77. The number of hydrogen-bond acceptors (Lipinski definition) is 8. The van der Waals surface area contributed by atoms with E-state index in [9.17, 15) is 19.7 Å². The zero-order chi connectivity index (χ0) is 24.2. The number of rotatable bonds is 8. The molecule has 0 fully saturated rings. The van der Waals surface area contributed by atoms with Gasteiger partial charge < -0.3 is 14.8 Å². The summed E-state index contributed by atoms with van der Waals surface area (Å²) in [7, 11) is 1.59. The minimum Gasteiger partial charge on any atom is -0.497 e. The number of carbonyl (C=O) groups excluding carboxylic acids is 1. The molecule has 2 aromatic heterocycles. The van der Waals surface area contributed by atoms with Crippen LogP contribution >= 0.6 is 11.3 Å². The van der Waals surface area contributed by atoms with Crippen LogP contribution in [-0.4, -0.2) is 34.1 Å². The number of nitro groups is 1. The van der Waals surface area contributed by atoms with Gasteiger partial charge in [-0.1, -0.05) is 0 Å². The van der Waals surface area contributed by atoms with Crippen molar-refractivity contribution in [1.29, 1.82) is 0 Å². The van der Waals surface area contributed by atoms with Crippen LogP contribution in [0.15, 0.2) is 59.7 Å². The molecule has 34 heavy (non-hydrogen) atoms. The van der Waals surface area contributed by atoms with E-state index in [0.29, 0.717) is 22.6 Å². The molecule has 0 unspecified atom stereocenters. The van der Waals surface area contributed by atoms with Gasteiger partial charge in [-0.2, -0.15) is 0 Å². The minimum atomic E-state index is -0.607. The summed E-state index contributed by atoms with van der Waals surface area (Å²) in [6.07, 6.45) is 1.29. The standard InChI is InChI=1S/C23H20N4O6S/c1-3-33-16-8-9-17(19(10-16)27(30)31)25-21(28)12-26-13-24-18-11-20(34-22(18)23(26)29)14-4-6-15(32-2)7-5-14/h4-11,13H,3,12H2,1-2H3,(H,25,28). The fraction of sp³-hybridized carbons (Fsp3) is 0.174. The molecule has 0 aliphatic heterocycles. The van der Waals surface area contributed by atoms with Crippen LogP contribution in [0.3, 0.4) is 0 Å². The van der Waals surface area contributed by atoms with Crippen LogP contribution < -0.4 is 20.3 Å². The van der Waals surface area contributed by atoms with E-state index >= 15 is 0 Å². The smallest absolute Gasteiger partial charge is 0.296 e. The number of amides is 1. The highest BCUT2D eigenvalue weighted by Crippen LogP contribution is 2.32. The molecule has 11 heteroatoms. The first-order valence-electron chi connectivity index (χ1n) is 10.2. The first kappa shape index (κ1) is 22.9. The fourth-order valence-corrected chi connectivity index (χ4v) is 4.39. The lowest BCUT2D eigenvalue weighted by atomic mass is 10.2. The van der Waals surface area contributed by atoms with E-state index in [1.807, 2.05) is 30.3 Å². The Hall–Kier alpha value is -4.25. The predicted molar refractivity (Wildman–Crippen MR) is 129 cm³/mol. The minimum absolute atomic E-state index is 0.0125. The van der Waals surface area contributed by atoms with E-state index < -0.39 is 10.8 Å². The first-order chi connectivity index (χ1) is 16.4. The van der Waals surface area contributed by atoms with Crippen molar-refractivity contribution in [2.75, 3.05) is 19.0 Å². The number of nitrogens with zero attached hydrogens (tertiary/aromatic N) is 3. The maximum Gasteiger partial charge on any atom is 0.296 e. The molecule has 0 radical (unpaired) electrons. The summed E-state index contributed by atoms with van der Waals surface area (Å²) in [5, 5.41) is 13.9. The van der Waals surface area contributed by atoms with Gasteiger partial charge in [-0.05, 0) is 55.0 Å². The van der Waals surface area contributed by atoms with Crippen LogP contribution in [0.25, 0.3) is 20.7 Å². The quantitative estimate of drug-likeness (QED) is 0.297. The zero-order valence-electron chi connectivity index (χ0n) is 18.3. The molecular formula is C23H20N4O6S. The lowest BCUT2D eigenvalue weighted by molar-refractivity contribution is -0.384. The second-order valence-corrected chi connectivity index (χ2v) is 8.20. The molecule has 0 aliphatic carbocycles. The van der Waals surface area contributed by atoms with Crippen LogP contribution in [0.1, 0.15) is 6.92 Å². The monoisotopic (exact) mass is 480 g/mol. The predicted octanol–water partition coefficient (Wildman–Crippen LogP) is 4.08. The number of nitrogens with one attached hydrogen (secondary N) is 1. The highest BCUT2D eigenvalue weighted by atomic mass is 32.1. The molecule has 174 valence electrons. The second kappa shape index (κ2) is 9.71. The van der Waals surface area contributed by atoms with E-state index in [4.69, 9.17) is 9.47 Å². The molecule has 1 N–H and O–H groups in total. The lowest BCUT2D eigenvalue weighted by Crippen LogP contribution is -2.27. The molecule has 2 heterocycles.